The number of rotatable bonds is 6. The molecular weight excluding hydrogens is 250 g/mol. The molecule has 0 aromatic carbocycles. The summed E-state index contributed by atoms with van der Waals surface area (Å²) in [5.74, 6) is 0. The van der Waals surface area contributed by atoms with E-state index >= 15 is 0 Å². The van der Waals surface area contributed by atoms with Crippen LogP contribution >= 0.6 is 0 Å². The molecule has 106 valence electrons. The fraction of sp³-hybridized carbons (Fsp3) is 0.250. The van der Waals surface area contributed by atoms with Crippen molar-refractivity contribution in [3.05, 3.63) is 60.4 Å². The number of nitrogens with zero attached hydrogens (tertiary/aromatic N) is 2. The monoisotopic (exact) mass is 271 g/mol. The van der Waals surface area contributed by atoms with Crippen molar-refractivity contribution in [3.8, 4) is 0 Å². The number of carbonyl (C=O) groups excluding carboxylic acids is 1. The molecule has 0 aromatic rings. The average molecular weight is 271 g/mol. The molecule has 0 saturated carbocycles. The number of aliphatic imine (C=N–C) groups is 1. The Kier molecular flexibility index (Phi) is 6.23. The van der Waals surface area contributed by atoms with Gasteiger partial charge >= 0.3 is 0 Å². The highest BCUT2D eigenvalue weighted by molar-refractivity contribution is 5.99. The quantitative estimate of drug-likeness (QED) is 0.459. The number of allylic oxidation sites excluding steroid dienone is 4. The number of carbonyl (C=O) groups is 1. The van der Waals surface area contributed by atoms with Crippen LogP contribution in [-0.2, 0) is 4.79 Å². The number of hydrogen-bond donors (Lipinski definition) is 1. The molecule has 4 nitrogen and oxygen atoms in total. The van der Waals surface area contributed by atoms with E-state index in [0.29, 0.717) is 0 Å². The lowest BCUT2D eigenvalue weighted by Gasteiger charge is -2.28. The Morgan fingerprint density at radius 3 is 2.90 bits per heavy atom. The van der Waals surface area contributed by atoms with Crippen molar-refractivity contribution in [1.82, 2.24) is 10.2 Å². The molecule has 1 rings (SSSR count). The van der Waals surface area contributed by atoms with E-state index in [2.05, 4.69) is 23.8 Å². The van der Waals surface area contributed by atoms with Gasteiger partial charge < -0.3 is 10.2 Å². The molecule has 0 bridgehead atoms. The first kappa shape index (κ1) is 15.7. The van der Waals surface area contributed by atoms with Crippen LogP contribution in [0.2, 0.25) is 0 Å². The third-order valence-corrected chi connectivity index (χ3v) is 2.81. The van der Waals surface area contributed by atoms with Crippen LogP contribution < -0.4 is 5.32 Å². The molecule has 0 saturated heterocycles. The van der Waals surface area contributed by atoms with E-state index in [4.69, 9.17) is 0 Å². The van der Waals surface area contributed by atoms with Crippen molar-refractivity contribution < 1.29 is 4.79 Å². The first-order valence-electron chi connectivity index (χ1n) is 6.55. The molecule has 0 radical (unpaired) electrons. The van der Waals surface area contributed by atoms with Crippen LogP contribution in [0.15, 0.2) is 65.4 Å². The Hall–Kier alpha value is -2.36. The average Bonchev–Trinajstić information content (AvgIpc) is 2.45. The molecule has 0 spiro atoms. The van der Waals surface area contributed by atoms with Gasteiger partial charge in [0.25, 0.3) is 0 Å². The first-order valence-corrected chi connectivity index (χ1v) is 6.55. The third kappa shape index (κ3) is 3.82. The molecule has 20 heavy (non-hydrogen) atoms. The lowest BCUT2D eigenvalue weighted by atomic mass is 10.1. The fourth-order valence-electron chi connectivity index (χ4n) is 1.68. The van der Waals surface area contributed by atoms with Gasteiger partial charge in [0.2, 0.25) is 0 Å². The zero-order valence-corrected chi connectivity index (χ0v) is 12.3. The highest BCUT2D eigenvalue weighted by Crippen LogP contribution is 2.25. The highest BCUT2D eigenvalue weighted by Gasteiger charge is 2.18. The van der Waals surface area contributed by atoms with Gasteiger partial charge in [0.05, 0.1) is 23.3 Å². The van der Waals surface area contributed by atoms with Crippen LogP contribution in [0.3, 0.4) is 0 Å². The predicted molar refractivity (Wildman–Crippen MR) is 83.9 cm³/mol. The lowest BCUT2D eigenvalue weighted by Crippen LogP contribution is -2.24. The van der Waals surface area contributed by atoms with Gasteiger partial charge in [-0.1, -0.05) is 19.6 Å². The van der Waals surface area contributed by atoms with Crippen LogP contribution in [0, 0.1) is 0 Å². The van der Waals surface area contributed by atoms with E-state index in [-0.39, 0.29) is 0 Å². The Morgan fingerprint density at radius 2 is 2.30 bits per heavy atom. The second kappa shape index (κ2) is 7.94. The molecule has 4 heteroatoms. The summed E-state index contributed by atoms with van der Waals surface area (Å²) in [6, 6.07) is 0. The van der Waals surface area contributed by atoms with Crippen molar-refractivity contribution in [2.75, 3.05) is 7.05 Å². The van der Waals surface area contributed by atoms with E-state index in [0.717, 1.165) is 35.4 Å². The summed E-state index contributed by atoms with van der Waals surface area (Å²) in [6.45, 7) is 8.03. The van der Waals surface area contributed by atoms with Crippen LogP contribution in [0.4, 0.5) is 0 Å². The normalized spacial score (nSPS) is 16.6. The van der Waals surface area contributed by atoms with Crippen LogP contribution in [0.25, 0.3) is 0 Å². The summed E-state index contributed by atoms with van der Waals surface area (Å²) in [4.78, 5) is 17.1. The Morgan fingerprint density at radius 1 is 1.55 bits per heavy atom. The van der Waals surface area contributed by atoms with Crippen molar-refractivity contribution in [1.29, 1.82) is 0 Å². The molecule has 1 heterocycles. The Bertz CT molecular complexity index is 522. The minimum Gasteiger partial charge on any atom is -0.394 e. The van der Waals surface area contributed by atoms with Crippen molar-refractivity contribution >= 4 is 12.0 Å². The van der Waals surface area contributed by atoms with Gasteiger partial charge in [-0.15, -0.1) is 0 Å². The third-order valence-electron chi connectivity index (χ3n) is 2.81. The molecule has 0 amide bonds. The summed E-state index contributed by atoms with van der Waals surface area (Å²) < 4.78 is 0. The van der Waals surface area contributed by atoms with Crippen LogP contribution in [0.5, 0.6) is 0 Å². The van der Waals surface area contributed by atoms with Gasteiger partial charge in [-0.05, 0) is 31.7 Å². The number of hydrogen-bond acceptors (Lipinski definition) is 4. The maximum Gasteiger partial charge on any atom is 0.143 e. The Labute approximate surface area is 120 Å². The standard InChI is InChI=1S/C16H21N3O/c1-5-6-10-19-14(3)13(2)18-12-16(19)15(8-11-20)7-9-17-4/h6-12,17H,3,5H2,1-2,4H3/b9-7-,10-6-,15-8+. The van der Waals surface area contributed by atoms with Crippen LogP contribution in [0.1, 0.15) is 20.3 Å². The van der Waals surface area contributed by atoms with Gasteiger partial charge in [0.15, 0.2) is 0 Å². The smallest absolute Gasteiger partial charge is 0.143 e. The summed E-state index contributed by atoms with van der Waals surface area (Å²) in [5, 5.41) is 2.91. The zero-order valence-electron chi connectivity index (χ0n) is 12.3. The summed E-state index contributed by atoms with van der Waals surface area (Å²) >= 11 is 0. The van der Waals surface area contributed by atoms with Crippen molar-refractivity contribution in [2.24, 2.45) is 4.99 Å². The highest BCUT2D eigenvalue weighted by atomic mass is 16.1. The Balaban J connectivity index is 3.24. The second-order valence-corrected chi connectivity index (χ2v) is 4.22. The summed E-state index contributed by atoms with van der Waals surface area (Å²) in [5.41, 5.74) is 3.26. The molecular formula is C16H21N3O. The van der Waals surface area contributed by atoms with Gasteiger partial charge in [0, 0.05) is 18.8 Å². The van der Waals surface area contributed by atoms with E-state index < -0.39 is 0 Å². The van der Waals surface area contributed by atoms with Crippen molar-refractivity contribution in [2.45, 2.75) is 20.3 Å². The molecule has 1 N–H and O–H groups in total. The topological polar surface area (TPSA) is 44.7 Å². The largest absolute Gasteiger partial charge is 0.394 e. The molecule has 0 atom stereocenters. The molecule has 1 aliphatic rings. The van der Waals surface area contributed by atoms with Crippen LogP contribution in [-0.4, -0.2) is 23.9 Å². The van der Waals surface area contributed by atoms with E-state index in [1.54, 1.807) is 19.4 Å². The lowest BCUT2D eigenvalue weighted by molar-refractivity contribution is -0.104. The molecule has 0 aliphatic carbocycles. The zero-order chi connectivity index (χ0) is 15.0. The SMILES string of the molecule is C=C1C(C)=NC=C(C(/C=C\NC)=C/C=O)N1/C=C\CC. The maximum atomic E-state index is 10.8. The fourth-order valence-corrected chi connectivity index (χ4v) is 1.68. The van der Waals surface area contributed by atoms with Crippen molar-refractivity contribution in [3.63, 3.8) is 0 Å². The molecule has 0 unspecified atom stereocenters. The molecule has 0 fully saturated rings. The number of nitrogens with one attached hydrogen (secondary N) is 1. The predicted octanol–water partition coefficient (Wildman–Crippen LogP) is 2.90. The van der Waals surface area contributed by atoms with Gasteiger partial charge in [-0.2, -0.15) is 0 Å². The second-order valence-electron chi connectivity index (χ2n) is 4.22. The number of aldehydes is 1. The minimum atomic E-state index is 0.770. The first-order chi connectivity index (χ1) is 9.65. The van der Waals surface area contributed by atoms with Gasteiger partial charge in [-0.25, -0.2) is 0 Å². The minimum absolute atomic E-state index is 0.770. The molecule has 1 aliphatic heterocycles. The van der Waals surface area contributed by atoms with E-state index in [1.165, 1.54) is 6.08 Å². The van der Waals surface area contributed by atoms with E-state index in [9.17, 15) is 4.79 Å². The van der Waals surface area contributed by atoms with Gasteiger partial charge in [0.1, 0.15) is 6.29 Å². The van der Waals surface area contributed by atoms with E-state index in [1.807, 2.05) is 30.2 Å². The molecule has 0 aromatic heterocycles. The maximum absolute atomic E-state index is 10.8. The summed E-state index contributed by atoms with van der Waals surface area (Å²) in [7, 11) is 1.81. The van der Waals surface area contributed by atoms with Gasteiger partial charge in [-0.3, -0.25) is 9.79 Å². The summed E-state index contributed by atoms with van der Waals surface area (Å²) in [6.07, 6.45) is 12.5.